The highest BCUT2D eigenvalue weighted by Crippen LogP contribution is 2.41. The molecule has 0 saturated heterocycles. The van der Waals surface area contributed by atoms with Gasteiger partial charge < -0.3 is 4.57 Å². The van der Waals surface area contributed by atoms with Crippen LogP contribution in [0.15, 0.2) is 53.8 Å². The topological polar surface area (TPSA) is 22.8 Å². The second-order valence-corrected chi connectivity index (χ2v) is 6.56. The number of thioether (sulfide) groups is 1. The normalized spacial score (nSPS) is 12.6. The molecule has 0 saturated carbocycles. The second-order valence-electron chi connectivity index (χ2n) is 5.05. The number of alkyl halides is 6. The van der Waals surface area contributed by atoms with Gasteiger partial charge in [-0.1, -0.05) is 11.6 Å². The van der Waals surface area contributed by atoms with Crippen LogP contribution in [0.5, 0.6) is 0 Å². The Hall–Kier alpha value is -2.07. The van der Waals surface area contributed by atoms with Crippen LogP contribution in [0, 0.1) is 0 Å². The van der Waals surface area contributed by atoms with Gasteiger partial charge in [0.1, 0.15) is 0 Å². The quantitative estimate of drug-likeness (QED) is 0.393. The van der Waals surface area contributed by atoms with Crippen molar-refractivity contribution in [3.05, 3.63) is 59.5 Å². The first-order valence-corrected chi connectivity index (χ1v) is 8.10. The lowest BCUT2D eigenvalue weighted by Gasteiger charge is -2.14. The number of hydrogen-bond acceptors (Lipinski definition) is 2. The third kappa shape index (κ3) is 3.85. The summed E-state index contributed by atoms with van der Waals surface area (Å²) < 4.78 is 79.2. The van der Waals surface area contributed by atoms with E-state index in [4.69, 9.17) is 11.6 Å². The SMILES string of the molecule is FC(F)(F)Sc1cnn(-c2ccc(C(F)(F)F)cc2Cl)c1-n1cccc1. The molecule has 0 radical (unpaired) electrons. The lowest BCUT2D eigenvalue weighted by molar-refractivity contribution is -0.137. The van der Waals surface area contributed by atoms with Crippen LogP contribution in [0.2, 0.25) is 5.02 Å². The van der Waals surface area contributed by atoms with Crippen molar-refractivity contribution >= 4 is 23.4 Å². The Bertz CT molecular complexity index is 915. The van der Waals surface area contributed by atoms with Gasteiger partial charge in [0.25, 0.3) is 0 Å². The van der Waals surface area contributed by atoms with Crippen LogP contribution in [-0.4, -0.2) is 19.9 Å². The number of rotatable bonds is 3. The maximum atomic E-state index is 12.8. The zero-order valence-corrected chi connectivity index (χ0v) is 14.1. The molecule has 0 amide bonds. The lowest BCUT2D eigenvalue weighted by Crippen LogP contribution is -2.09. The third-order valence-corrected chi connectivity index (χ3v) is 4.33. The Morgan fingerprint density at radius 3 is 2.19 bits per heavy atom. The fraction of sp³-hybridized carbons (Fsp3) is 0.133. The smallest absolute Gasteiger partial charge is 0.308 e. The van der Waals surface area contributed by atoms with Crippen LogP contribution in [0.4, 0.5) is 26.3 Å². The minimum Gasteiger partial charge on any atom is -0.308 e. The summed E-state index contributed by atoms with van der Waals surface area (Å²) in [6, 6.07) is 5.74. The Balaban J connectivity index is 2.14. The fourth-order valence-corrected chi connectivity index (χ4v) is 3.16. The molecule has 1 aromatic carbocycles. The van der Waals surface area contributed by atoms with E-state index in [0.717, 1.165) is 23.0 Å². The van der Waals surface area contributed by atoms with Crippen molar-refractivity contribution in [1.29, 1.82) is 0 Å². The Morgan fingerprint density at radius 2 is 1.65 bits per heavy atom. The molecule has 0 unspecified atom stereocenters. The summed E-state index contributed by atoms with van der Waals surface area (Å²) in [4.78, 5) is -0.218. The second kappa shape index (κ2) is 6.58. The van der Waals surface area contributed by atoms with E-state index < -0.39 is 17.2 Å². The zero-order chi connectivity index (χ0) is 19.1. The van der Waals surface area contributed by atoms with Crippen molar-refractivity contribution in [1.82, 2.24) is 14.3 Å². The maximum Gasteiger partial charge on any atom is 0.446 e. The molecule has 11 heteroatoms. The van der Waals surface area contributed by atoms with E-state index in [9.17, 15) is 26.3 Å². The van der Waals surface area contributed by atoms with E-state index in [1.165, 1.54) is 17.0 Å². The number of hydrogen-bond donors (Lipinski definition) is 0. The van der Waals surface area contributed by atoms with Crippen LogP contribution in [0.3, 0.4) is 0 Å². The zero-order valence-electron chi connectivity index (χ0n) is 12.5. The molecule has 0 aliphatic carbocycles. The molecule has 0 N–H and O–H groups in total. The van der Waals surface area contributed by atoms with E-state index in [1.54, 1.807) is 12.1 Å². The molecule has 3 rings (SSSR count). The molecular formula is C15H8ClF6N3S. The van der Waals surface area contributed by atoms with E-state index in [1.807, 2.05) is 0 Å². The standard InChI is InChI=1S/C15H8ClF6N3S/c16-10-7-9(14(17,18)19)3-4-11(10)25-13(24-5-1-2-6-24)12(8-23-25)26-15(20,21)22/h1-8H. The van der Waals surface area contributed by atoms with Gasteiger partial charge in [-0.2, -0.15) is 31.4 Å². The highest BCUT2D eigenvalue weighted by molar-refractivity contribution is 8.00. The molecule has 138 valence electrons. The summed E-state index contributed by atoms with van der Waals surface area (Å²) in [5.74, 6) is 0.0129. The summed E-state index contributed by atoms with van der Waals surface area (Å²) in [6.45, 7) is 0. The van der Waals surface area contributed by atoms with E-state index in [2.05, 4.69) is 5.10 Å². The molecule has 3 aromatic rings. The minimum absolute atomic E-state index is 0.0129. The number of nitrogens with zero attached hydrogens (tertiary/aromatic N) is 3. The van der Waals surface area contributed by atoms with Crippen LogP contribution in [0.25, 0.3) is 11.5 Å². The molecule has 2 aromatic heterocycles. The molecule has 26 heavy (non-hydrogen) atoms. The van der Waals surface area contributed by atoms with Gasteiger partial charge in [0, 0.05) is 12.4 Å². The fourth-order valence-electron chi connectivity index (χ4n) is 2.27. The molecule has 0 aliphatic heterocycles. The monoisotopic (exact) mass is 411 g/mol. The van der Waals surface area contributed by atoms with E-state index >= 15 is 0 Å². The highest BCUT2D eigenvalue weighted by Gasteiger charge is 2.34. The van der Waals surface area contributed by atoms with E-state index in [-0.39, 0.29) is 33.2 Å². The van der Waals surface area contributed by atoms with Crippen LogP contribution in [-0.2, 0) is 6.18 Å². The van der Waals surface area contributed by atoms with Gasteiger partial charge >= 0.3 is 11.7 Å². The summed E-state index contributed by atoms with van der Waals surface area (Å²) in [6.07, 6.45) is -0.619. The third-order valence-electron chi connectivity index (χ3n) is 3.29. The number of halogens is 7. The van der Waals surface area contributed by atoms with Crippen LogP contribution in [0.1, 0.15) is 5.56 Å². The van der Waals surface area contributed by atoms with Crippen molar-refractivity contribution < 1.29 is 26.3 Å². The summed E-state index contributed by atoms with van der Waals surface area (Å²) in [5.41, 5.74) is -5.50. The largest absolute Gasteiger partial charge is 0.446 e. The van der Waals surface area contributed by atoms with Crippen molar-refractivity contribution in [2.45, 2.75) is 16.6 Å². The molecule has 0 spiro atoms. The van der Waals surface area contributed by atoms with Gasteiger partial charge in [0.05, 0.1) is 27.4 Å². The molecular weight excluding hydrogens is 404 g/mol. The van der Waals surface area contributed by atoms with Crippen molar-refractivity contribution in [2.24, 2.45) is 0 Å². The first-order chi connectivity index (χ1) is 12.1. The molecule has 0 fully saturated rings. The average Bonchev–Trinajstić information content (AvgIpc) is 3.13. The molecule has 0 aliphatic rings. The van der Waals surface area contributed by atoms with Gasteiger partial charge in [0.2, 0.25) is 0 Å². The predicted molar refractivity (Wildman–Crippen MR) is 84.8 cm³/mol. The Kier molecular flexibility index (Phi) is 4.74. The van der Waals surface area contributed by atoms with Gasteiger partial charge in [0.15, 0.2) is 5.82 Å². The highest BCUT2D eigenvalue weighted by atomic mass is 35.5. The average molecular weight is 412 g/mol. The molecule has 0 atom stereocenters. The molecule has 0 bridgehead atoms. The molecule has 3 nitrogen and oxygen atoms in total. The summed E-state index contributed by atoms with van der Waals surface area (Å²) in [5, 5.41) is 3.60. The Labute approximate surface area is 152 Å². The molecule has 2 heterocycles. The number of benzene rings is 1. The van der Waals surface area contributed by atoms with Gasteiger partial charge in [-0.05, 0) is 42.1 Å². The first-order valence-electron chi connectivity index (χ1n) is 6.90. The van der Waals surface area contributed by atoms with E-state index in [0.29, 0.717) is 6.07 Å². The lowest BCUT2D eigenvalue weighted by atomic mass is 10.2. The Morgan fingerprint density at radius 1 is 1.00 bits per heavy atom. The minimum atomic E-state index is -4.59. The summed E-state index contributed by atoms with van der Waals surface area (Å²) in [7, 11) is 0. The maximum absolute atomic E-state index is 12.8. The first kappa shape index (κ1) is 18.7. The van der Waals surface area contributed by atoms with Gasteiger partial charge in [-0.3, -0.25) is 0 Å². The number of aromatic nitrogens is 3. The van der Waals surface area contributed by atoms with Crippen molar-refractivity contribution in [2.75, 3.05) is 0 Å². The van der Waals surface area contributed by atoms with Crippen molar-refractivity contribution in [3.63, 3.8) is 0 Å². The summed E-state index contributed by atoms with van der Waals surface area (Å²) >= 11 is 5.57. The van der Waals surface area contributed by atoms with Crippen LogP contribution >= 0.6 is 23.4 Å². The van der Waals surface area contributed by atoms with Gasteiger partial charge in [-0.15, -0.1) is 0 Å². The predicted octanol–water partition coefficient (Wildman–Crippen LogP) is 5.95. The van der Waals surface area contributed by atoms with Crippen molar-refractivity contribution in [3.8, 4) is 11.5 Å². The van der Waals surface area contributed by atoms with Crippen LogP contribution < -0.4 is 0 Å². The van der Waals surface area contributed by atoms with Gasteiger partial charge in [-0.25, -0.2) is 4.68 Å².